The lowest BCUT2D eigenvalue weighted by Gasteiger charge is -2.17. The minimum Gasteiger partial charge on any atom is -0.361 e. The van der Waals surface area contributed by atoms with Crippen LogP contribution in [0.3, 0.4) is 0 Å². The smallest absolute Gasteiger partial charge is 0.274 e. The fraction of sp³-hybridized carbons (Fsp3) is 0.167. The van der Waals surface area contributed by atoms with Crippen LogP contribution in [-0.2, 0) is 17.8 Å². The van der Waals surface area contributed by atoms with Crippen LogP contribution in [0.15, 0.2) is 54.7 Å². The van der Waals surface area contributed by atoms with Gasteiger partial charge in [-0.1, -0.05) is 36.4 Å². The van der Waals surface area contributed by atoms with Crippen molar-refractivity contribution in [3.05, 3.63) is 76.0 Å². The van der Waals surface area contributed by atoms with E-state index in [-0.39, 0.29) is 24.6 Å². The fourth-order valence-electron chi connectivity index (χ4n) is 2.74. The first-order valence-corrected chi connectivity index (χ1v) is 7.57. The van der Waals surface area contributed by atoms with Gasteiger partial charge < -0.3 is 9.88 Å². The average molecular weight is 323 g/mol. The maximum Gasteiger partial charge on any atom is 0.274 e. The number of likely N-dealkylation sites (N-methyl/N-ethyl adjacent to an activating group) is 1. The molecular weight excluding hydrogens is 306 g/mol. The summed E-state index contributed by atoms with van der Waals surface area (Å²) in [7, 11) is 1.66. The van der Waals surface area contributed by atoms with Gasteiger partial charge >= 0.3 is 0 Å². The summed E-state index contributed by atoms with van der Waals surface area (Å²) in [6, 6.07) is 14.3. The number of nitro benzene ring substituents is 1. The van der Waals surface area contributed by atoms with E-state index in [0.717, 1.165) is 16.5 Å². The standard InChI is InChI=1S/C18H17N3O3/c1-20(12-13-6-2-5-9-17(13)21(23)24)18(22)10-14-11-19-16-8-4-3-7-15(14)16/h2-9,11,19H,10,12H2,1H3. The molecule has 0 radical (unpaired) electrons. The number of rotatable bonds is 5. The molecule has 3 rings (SSSR count). The van der Waals surface area contributed by atoms with Crippen LogP contribution in [0.1, 0.15) is 11.1 Å². The molecule has 0 unspecified atom stereocenters. The minimum absolute atomic E-state index is 0.0317. The Morgan fingerprint density at radius 3 is 2.62 bits per heavy atom. The van der Waals surface area contributed by atoms with Gasteiger partial charge in [0, 0.05) is 35.8 Å². The van der Waals surface area contributed by atoms with Crippen LogP contribution in [-0.4, -0.2) is 27.8 Å². The molecule has 122 valence electrons. The second-order valence-electron chi connectivity index (χ2n) is 5.67. The number of nitrogens with zero attached hydrogens (tertiary/aromatic N) is 2. The summed E-state index contributed by atoms with van der Waals surface area (Å²) in [5, 5.41) is 12.1. The Hall–Kier alpha value is -3.15. The van der Waals surface area contributed by atoms with Crippen molar-refractivity contribution in [2.45, 2.75) is 13.0 Å². The van der Waals surface area contributed by atoms with Crippen molar-refractivity contribution in [3.63, 3.8) is 0 Å². The number of fused-ring (bicyclic) bond motifs is 1. The van der Waals surface area contributed by atoms with Gasteiger partial charge in [-0.15, -0.1) is 0 Å². The number of nitrogens with one attached hydrogen (secondary N) is 1. The predicted octanol–water partition coefficient (Wildman–Crippen LogP) is 3.28. The summed E-state index contributed by atoms with van der Waals surface area (Å²) in [5.41, 5.74) is 2.47. The molecule has 0 bridgehead atoms. The molecule has 2 aromatic carbocycles. The van der Waals surface area contributed by atoms with E-state index in [9.17, 15) is 14.9 Å². The first kappa shape index (κ1) is 15.7. The predicted molar refractivity (Wildman–Crippen MR) is 91.6 cm³/mol. The van der Waals surface area contributed by atoms with Crippen LogP contribution >= 0.6 is 0 Å². The molecule has 0 aliphatic carbocycles. The van der Waals surface area contributed by atoms with Gasteiger partial charge in [-0.3, -0.25) is 14.9 Å². The highest BCUT2D eigenvalue weighted by atomic mass is 16.6. The van der Waals surface area contributed by atoms with Crippen molar-refractivity contribution < 1.29 is 9.72 Å². The number of hydrogen-bond acceptors (Lipinski definition) is 3. The summed E-state index contributed by atoms with van der Waals surface area (Å²) >= 11 is 0. The maximum atomic E-state index is 12.5. The van der Waals surface area contributed by atoms with E-state index in [2.05, 4.69) is 4.98 Å². The molecule has 0 saturated carbocycles. The van der Waals surface area contributed by atoms with E-state index in [1.165, 1.54) is 11.0 Å². The lowest BCUT2D eigenvalue weighted by Crippen LogP contribution is -2.28. The van der Waals surface area contributed by atoms with Gasteiger partial charge in [0.05, 0.1) is 17.9 Å². The minimum atomic E-state index is -0.423. The zero-order chi connectivity index (χ0) is 17.1. The van der Waals surface area contributed by atoms with Gasteiger partial charge in [-0.05, 0) is 11.6 Å². The maximum absolute atomic E-state index is 12.5. The number of amides is 1. The second-order valence-corrected chi connectivity index (χ2v) is 5.67. The van der Waals surface area contributed by atoms with Crippen LogP contribution in [0.4, 0.5) is 5.69 Å². The van der Waals surface area contributed by atoms with Crippen molar-refractivity contribution in [2.24, 2.45) is 0 Å². The SMILES string of the molecule is CN(Cc1ccccc1[N+](=O)[O-])C(=O)Cc1c[nH]c2ccccc12. The van der Waals surface area contributed by atoms with Gasteiger partial charge in [0.15, 0.2) is 0 Å². The van der Waals surface area contributed by atoms with Crippen LogP contribution < -0.4 is 0 Å². The molecule has 0 aliphatic rings. The number of benzene rings is 2. The zero-order valence-corrected chi connectivity index (χ0v) is 13.2. The van der Waals surface area contributed by atoms with Crippen LogP contribution in [0.5, 0.6) is 0 Å². The van der Waals surface area contributed by atoms with E-state index < -0.39 is 4.92 Å². The Bertz CT molecular complexity index is 901. The molecule has 1 N–H and O–H groups in total. The largest absolute Gasteiger partial charge is 0.361 e. The number of nitro groups is 1. The molecule has 0 atom stereocenters. The molecule has 6 heteroatoms. The topological polar surface area (TPSA) is 79.2 Å². The van der Waals surface area contributed by atoms with Gasteiger partial charge in [0.1, 0.15) is 0 Å². The van der Waals surface area contributed by atoms with Crippen LogP contribution in [0, 0.1) is 10.1 Å². The monoisotopic (exact) mass is 323 g/mol. The highest BCUT2D eigenvalue weighted by molar-refractivity contribution is 5.88. The number of aromatic amines is 1. The van der Waals surface area contributed by atoms with Crippen LogP contribution in [0.25, 0.3) is 10.9 Å². The molecule has 0 saturated heterocycles. The van der Waals surface area contributed by atoms with Gasteiger partial charge in [0.2, 0.25) is 5.91 Å². The Morgan fingerprint density at radius 1 is 1.12 bits per heavy atom. The molecule has 1 aromatic heterocycles. The Kier molecular flexibility index (Phi) is 4.29. The highest BCUT2D eigenvalue weighted by Crippen LogP contribution is 2.21. The first-order valence-electron chi connectivity index (χ1n) is 7.57. The number of hydrogen-bond donors (Lipinski definition) is 1. The lowest BCUT2D eigenvalue weighted by atomic mass is 10.1. The first-order chi connectivity index (χ1) is 11.6. The van der Waals surface area contributed by atoms with Crippen molar-refractivity contribution in [2.75, 3.05) is 7.05 Å². The molecule has 1 amide bonds. The van der Waals surface area contributed by atoms with Gasteiger partial charge in [0.25, 0.3) is 5.69 Å². The van der Waals surface area contributed by atoms with E-state index in [1.54, 1.807) is 25.2 Å². The number of carbonyl (C=O) groups excluding carboxylic acids is 1. The normalized spacial score (nSPS) is 10.7. The number of H-pyrrole nitrogens is 1. The highest BCUT2D eigenvalue weighted by Gasteiger charge is 2.18. The van der Waals surface area contributed by atoms with E-state index in [1.807, 2.05) is 30.5 Å². The summed E-state index contributed by atoms with van der Waals surface area (Å²) < 4.78 is 0. The Morgan fingerprint density at radius 2 is 1.83 bits per heavy atom. The Balaban J connectivity index is 1.75. The third-order valence-corrected chi connectivity index (χ3v) is 4.04. The van der Waals surface area contributed by atoms with Crippen molar-refractivity contribution in [3.8, 4) is 0 Å². The van der Waals surface area contributed by atoms with Crippen molar-refractivity contribution >= 4 is 22.5 Å². The summed E-state index contributed by atoms with van der Waals surface area (Å²) in [5.74, 6) is -0.0853. The van der Waals surface area contributed by atoms with E-state index >= 15 is 0 Å². The molecule has 0 fully saturated rings. The average Bonchev–Trinajstić information content (AvgIpc) is 2.98. The molecule has 0 aliphatic heterocycles. The van der Waals surface area contributed by atoms with Crippen molar-refractivity contribution in [1.29, 1.82) is 0 Å². The van der Waals surface area contributed by atoms with E-state index in [0.29, 0.717) is 5.56 Å². The fourth-order valence-corrected chi connectivity index (χ4v) is 2.74. The van der Waals surface area contributed by atoms with Crippen LogP contribution in [0.2, 0.25) is 0 Å². The number of carbonyl (C=O) groups is 1. The van der Waals surface area contributed by atoms with Gasteiger partial charge in [-0.2, -0.15) is 0 Å². The Labute approximate surface area is 138 Å². The number of aromatic nitrogens is 1. The zero-order valence-electron chi connectivity index (χ0n) is 13.2. The van der Waals surface area contributed by atoms with Gasteiger partial charge in [-0.25, -0.2) is 0 Å². The third kappa shape index (κ3) is 3.12. The summed E-state index contributed by atoms with van der Waals surface area (Å²) in [6.07, 6.45) is 2.09. The number of para-hydroxylation sites is 2. The molecule has 0 spiro atoms. The summed E-state index contributed by atoms with van der Waals surface area (Å²) in [6.45, 7) is 0.207. The molecule has 1 heterocycles. The summed E-state index contributed by atoms with van der Waals surface area (Å²) in [4.78, 5) is 27.8. The van der Waals surface area contributed by atoms with Crippen molar-refractivity contribution in [1.82, 2.24) is 9.88 Å². The quantitative estimate of drug-likeness (QED) is 0.578. The molecule has 6 nitrogen and oxygen atoms in total. The molecule has 24 heavy (non-hydrogen) atoms. The molecule has 3 aromatic rings. The molecular formula is C18H17N3O3. The third-order valence-electron chi connectivity index (χ3n) is 4.04. The lowest BCUT2D eigenvalue weighted by molar-refractivity contribution is -0.385. The second kappa shape index (κ2) is 6.54. The van der Waals surface area contributed by atoms with E-state index in [4.69, 9.17) is 0 Å².